The fourth-order valence-corrected chi connectivity index (χ4v) is 3.31. The molecule has 0 saturated heterocycles. The lowest BCUT2D eigenvalue weighted by Crippen LogP contribution is -2.39. The number of fused-ring (bicyclic) bond motifs is 1. The van der Waals surface area contributed by atoms with Crippen molar-refractivity contribution in [2.45, 2.75) is 33.7 Å². The van der Waals surface area contributed by atoms with Crippen LogP contribution >= 0.6 is 24.8 Å². The Labute approximate surface area is 190 Å². The Balaban J connectivity index is 0.00000225. The second-order valence-corrected chi connectivity index (χ2v) is 8.37. The van der Waals surface area contributed by atoms with Crippen molar-refractivity contribution in [3.05, 3.63) is 48.2 Å². The van der Waals surface area contributed by atoms with Gasteiger partial charge in [-0.1, -0.05) is 44.2 Å². The first-order chi connectivity index (χ1) is 13.2. The lowest BCUT2D eigenvalue weighted by Gasteiger charge is -2.29. The SMILES string of the molecule is CC(C)n1ncc2c(C(=O)N(C)CC(C)(C)CN)cc(-c3ccccc3)nc21.Cl.Cl. The highest BCUT2D eigenvalue weighted by molar-refractivity contribution is 6.06. The molecule has 2 N–H and O–H groups in total. The van der Waals surface area contributed by atoms with Crippen LogP contribution in [-0.2, 0) is 0 Å². The molecule has 0 bridgehead atoms. The third kappa shape index (κ3) is 5.31. The Bertz CT molecular complexity index is 986. The molecular weight excluding hydrogens is 421 g/mol. The molecule has 2 heterocycles. The fourth-order valence-electron chi connectivity index (χ4n) is 3.31. The van der Waals surface area contributed by atoms with Crippen molar-refractivity contribution in [3.8, 4) is 11.3 Å². The molecule has 0 atom stereocenters. The minimum Gasteiger partial charge on any atom is -0.341 e. The minimum absolute atomic E-state index is 0. The van der Waals surface area contributed by atoms with Crippen molar-refractivity contribution >= 4 is 41.8 Å². The summed E-state index contributed by atoms with van der Waals surface area (Å²) >= 11 is 0. The fraction of sp³-hybridized carbons (Fsp3) is 0.409. The first-order valence-corrected chi connectivity index (χ1v) is 9.63. The first kappa shape index (κ1) is 25.9. The summed E-state index contributed by atoms with van der Waals surface area (Å²) in [6.07, 6.45) is 1.74. The monoisotopic (exact) mass is 451 g/mol. The van der Waals surface area contributed by atoms with E-state index in [1.54, 1.807) is 11.1 Å². The largest absolute Gasteiger partial charge is 0.341 e. The maximum Gasteiger partial charge on any atom is 0.254 e. The highest BCUT2D eigenvalue weighted by Crippen LogP contribution is 2.27. The molecule has 1 amide bonds. The number of carbonyl (C=O) groups is 1. The van der Waals surface area contributed by atoms with Crippen LogP contribution in [-0.4, -0.2) is 45.7 Å². The number of amides is 1. The maximum atomic E-state index is 13.3. The van der Waals surface area contributed by atoms with Gasteiger partial charge in [0, 0.05) is 25.2 Å². The molecule has 0 saturated carbocycles. The third-order valence-corrected chi connectivity index (χ3v) is 4.92. The Morgan fingerprint density at radius 1 is 1.20 bits per heavy atom. The van der Waals surface area contributed by atoms with Crippen LogP contribution in [0.25, 0.3) is 22.3 Å². The van der Waals surface area contributed by atoms with Gasteiger partial charge in [0.25, 0.3) is 5.91 Å². The minimum atomic E-state index is -0.152. The highest BCUT2D eigenvalue weighted by atomic mass is 35.5. The highest BCUT2D eigenvalue weighted by Gasteiger charge is 2.25. The van der Waals surface area contributed by atoms with Gasteiger partial charge in [0.15, 0.2) is 5.65 Å². The smallest absolute Gasteiger partial charge is 0.254 e. The van der Waals surface area contributed by atoms with Gasteiger partial charge >= 0.3 is 0 Å². The topological polar surface area (TPSA) is 77.0 Å². The van der Waals surface area contributed by atoms with E-state index in [2.05, 4.69) is 32.8 Å². The summed E-state index contributed by atoms with van der Waals surface area (Å²) in [6, 6.07) is 11.9. The second-order valence-electron chi connectivity index (χ2n) is 8.37. The predicted molar refractivity (Wildman–Crippen MR) is 128 cm³/mol. The second kappa shape index (κ2) is 10.2. The number of carbonyl (C=O) groups excluding carboxylic acids is 1. The van der Waals surface area contributed by atoms with E-state index in [0.29, 0.717) is 18.7 Å². The number of nitrogens with zero attached hydrogens (tertiary/aromatic N) is 4. The lowest BCUT2D eigenvalue weighted by atomic mass is 9.93. The molecule has 0 unspecified atom stereocenters. The predicted octanol–water partition coefficient (Wildman–Crippen LogP) is 4.58. The van der Waals surface area contributed by atoms with Crippen molar-refractivity contribution in [2.75, 3.05) is 20.1 Å². The zero-order valence-corrected chi connectivity index (χ0v) is 19.8. The zero-order chi connectivity index (χ0) is 20.5. The van der Waals surface area contributed by atoms with Gasteiger partial charge in [-0.3, -0.25) is 4.79 Å². The van der Waals surface area contributed by atoms with E-state index in [9.17, 15) is 4.79 Å². The van der Waals surface area contributed by atoms with Crippen molar-refractivity contribution in [2.24, 2.45) is 11.1 Å². The lowest BCUT2D eigenvalue weighted by molar-refractivity contribution is 0.0742. The van der Waals surface area contributed by atoms with Gasteiger partial charge in [-0.05, 0) is 31.9 Å². The van der Waals surface area contributed by atoms with Crippen LogP contribution in [0.5, 0.6) is 0 Å². The number of benzene rings is 1. The summed E-state index contributed by atoms with van der Waals surface area (Å²) < 4.78 is 1.86. The molecule has 1 aromatic carbocycles. The quantitative estimate of drug-likeness (QED) is 0.594. The maximum absolute atomic E-state index is 13.3. The summed E-state index contributed by atoms with van der Waals surface area (Å²) in [5, 5.41) is 5.26. The summed E-state index contributed by atoms with van der Waals surface area (Å²) in [5.74, 6) is -0.0468. The Hall–Kier alpha value is -2.15. The molecule has 0 fully saturated rings. The molecule has 30 heavy (non-hydrogen) atoms. The summed E-state index contributed by atoms with van der Waals surface area (Å²) in [7, 11) is 1.82. The molecule has 164 valence electrons. The van der Waals surface area contributed by atoms with Crippen LogP contribution in [0.2, 0.25) is 0 Å². The van der Waals surface area contributed by atoms with Crippen LogP contribution in [0.15, 0.2) is 42.6 Å². The molecular formula is C22H31Cl2N5O. The van der Waals surface area contributed by atoms with E-state index in [-0.39, 0.29) is 42.2 Å². The summed E-state index contributed by atoms with van der Waals surface area (Å²) in [6.45, 7) is 9.32. The van der Waals surface area contributed by atoms with Gasteiger partial charge in [0.05, 0.1) is 22.8 Å². The zero-order valence-electron chi connectivity index (χ0n) is 18.1. The van der Waals surface area contributed by atoms with Crippen LogP contribution in [0.1, 0.15) is 44.1 Å². The molecule has 0 aliphatic carbocycles. The van der Waals surface area contributed by atoms with Gasteiger partial charge < -0.3 is 10.6 Å². The van der Waals surface area contributed by atoms with Gasteiger partial charge in [0.1, 0.15) is 0 Å². The number of nitrogens with two attached hydrogens (primary N) is 1. The normalized spacial score (nSPS) is 11.2. The standard InChI is InChI=1S/C22H29N5O.2ClH/c1-15(2)27-20-18(12-24-27)17(21(28)26(5)14-22(3,4)13-23)11-19(25-20)16-9-7-6-8-10-16;;/h6-12,15H,13-14,23H2,1-5H3;2*1H. The Kier molecular flexibility index (Phi) is 8.84. The molecule has 3 rings (SSSR count). The van der Waals surface area contributed by atoms with E-state index in [0.717, 1.165) is 22.3 Å². The van der Waals surface area contributed by atoms with Gasteiger partial charge in [-0.15, -0.1) is 24.8 Å². The number of hydrogen-bond acceptors (Lipinski definition) is 4. The molecule has 2 aromatic heterocycles. The molecule has 0 aliphatic heterocycles. The van der Waals surface area contributed by atoms with Crippen LogP contribution in [0.3, 0.4) is 0 Å². The molecule has 0 aliphatic rings. The van der Waals surface area contributed by atoms with Crippen LogP contribution in [0, 0.1) is 5.41 Å². The first-order valence-electron chi connectivity index (χ1n) is 9.63. The number of halogens is 2. The van der Waals surface area contributed by atoms with Crippen LogP contribution in [0.4, 0.5) is 0 Å². The Morgan fingerprint density at radius 2 is 1.83 bits per heavy atom. The molecule has 6 nitrogen and oxygen atoms in total. The van der Waals surface area contributed by atoms with Crippen molar-refractivity contribution in [1.29, 1.82) is 0 Å². The number of hydrogen-bond donors (Lipinski definition) is 1. The van der Waals surface area contributed by atoms with Crippen molar-refractivity contribution in [1.82, 2.24) is 19.7 Å². The van der Waals surface area contributed by atoms with Gasteiger partial charge in [-0.2, -0.15) is 5.10 Å². The van der Waals surface area contributed by atoms with Crippen molar-refractivity contribution < 1.29 is 4.79 Å². The van der Waals surface area contributed by atoms with Crippen LogP contribution < -0.4 is 5.73 Å². The summed E-state index contributed by atoms with van der Waals surface area (Å²) in [5.41, 5.74) is 8.79. The van der Waals surface area contributed by atoms with E-state index >= 15 is 0 Å². The molecule has 0 radical (unpaired) electrons. The van der Waals surface area contributed by atoms with Gasteiger partial charge in [-0.25, -0.2) is 9.67 Å². The van der Waals surface area contributed by atoms with Crippen molar-refractivity contribution in [3.63, 3.8) is 0 Å². The number of aromatic nitrogens is 3. The Morgan fingerprint density at radius 3 is 2.40 bits per heavy atom. The van der Waals surface area contributed by atoms with E-state index in [4.69, 9.17) is 10.7 Å². The van der Waals surface area contributed by atoms with E-state index in [1.807, 2.05) is 48.1 Å². The molecule has 3 aromatic rings. The van der Waals surface area contributed by atoms with E-state index in [1.165, 1.54) is 0 Å². The number of pyridine rings is 1. The molecule has 0 spiro atoms. The average molecular weight is 452 g/mol. The van der Waals surface area contributed by atoms with Gasteiger partial charge in [0.2, 0.25) is 0 Å². The average Bonchev–Trinajstić information content (AvgIpc) is 3.11. The number of rotatable bonds is 6. The summed E-state index contributed by atoms with van der Waals surface area (Å²) in [4.78, 5) is 19.9. The third-order valence-electron chi connectivity index (χ3n) is 4.92. The molecule has 8 heteroatoms. The van der Waals surface area contributed by atoms with E-state index < -0.39 is 0 Å².